The van der Waals surface area contributed by atoms with Gasteiger partial charge in [0.05, 0.1) is 34.0 Å². The van der Waals surface area contributed by atoms with Crippen LogP contribution < -0.4 is 9.91 Å². The molecule has 6 nitrogen and oxygen atoms in total. The molecule has 0 aromatic heterocycles. The molecule has 0 saturated carbocycles. The summed E-state index contributed by atoms with van der Waals surface area (Å²) in [7, 11) is -3.11. The van der Waals surface area contributed by atoms with Crippen molar-refractivity contribution in [3.05, 3.63) is 59.1 Å². The van der Waals surface area contributed by atoms with Crippen LogP contribution in [0, 0.1) is 0 Å². The van der Waals surface area contributed by atoms with E-state index in [-0.39, 0.29) is 35.3 Å². The van der Waals surface area contributed by atoms with E-state index in [0.29, 0.717) is 11.3 Å². The molecule has 2 aliphatic rings. The summed E-state index contributed by atoms with van der Waals surface area (Å²) in [6.07, 6.45) is -13.0. The second-order valence-corrected chi connectivity index (χ2v) is 11.2. The van der Waals surface area contributed by atoms with Crippen molar-refractivity contribution in [2.75, 3.05) is 34.5 Å². The Balaban J connectivity index is 1.71. The quantitative estimate of drug-likeness (QED) is 0.552. The van der Waals surface area contributed by atoms with Crippen molar-refractivity contribution in [1.82, 2.24) is 0 Å². The van der Waals surface area contributed by atoms with Crippen molar-refractivity contribution < 1.29 is 39.9 Å². The molecular weight excluding hydrogens is 536 g/mol. The molecule has 4 rings (SSSR count). The lowest BCUT2D eigenvalue weighted by molar-refractivity contribution is -0.338. The zero-order valence-corrected chi connectivity index (χ0v) is 20.0. The van der Waals surface area contributed by atoms with Gasteiger partial charge in [0.25, 0.3) is 5.60 Å². The van der Waals surface area contributed by atoms with Crippen molar-refractivity contribution in [1.29, 1.82) is 0 Å². The zero-order chi connectivity index (χ0) is 26.5. The fraction of sp³-hybridized carbons (Fsp3) is 0.409. The van der Waals surface area contributed by atoms with E-state index in [4.69, 9.17) is 11.6 Å². The minimum Gasteiger partial charge on any atom is -0.369 e. The highest BCUT2D eigenvalue weighted by atomic mass is 35.5. The van der Waals surface area contributed by atoms with Crippen LogP contribution in [0.15, 0.2) is 53.6 Å². The molecule has 196 valence electrons. The number of hydrogen-bond acceptors (Lipinski definition) is 6. The smallest absolute Gasteiger partial charge is 0.369 e. The number of anilines is 2. The molecule has 1 unspecified atom stereocenters. The number of alkyl halides is 6. The van der Waals surface area contributed by atoms with E-state index in [1.165, 1.54) is 36.4 Å². The van der Waals surface area contributed by atoms with Crippen LogP contribution in [0.3, 0.4) is 0 Å². The van der Waals surface area contributed by atoms with Crippen LogP contribution in [0.5, 0.6) is 0 Å². The summed E-state index contributed by atoms with van der Waals surface area (Å²) >= 11 is 6.18. The van der Waals surface area contributed by atoms with Crippen molar-refractivity contribution in [2.24, 2.45) is 5.10 Å². The Kier molecular flexibility index (Phi) is 6.71. The van der Waals surface area contributed by atoms with Gasteiger partial charge in [-0.25, -0.2) is 8.42 Å². The first-order valence-corrected chi connectivity index (χ1v) is 12.9. The van der Waals surface area contributed by atoms with Gasteiger partial charge >= 0.3 is 12.4 Å². The zero-order valence-electron chi connectivity index (χ0n) is 18.4. The van der Waals surface area contributed by atoms with Crippen LogP contribution in [0.25, 0.3) is 0 Å². The SMILES string of the molecule is O=S1(=O)CCN(c2ccc(C3CC(C(O)(C(F)(F)F)C(F)(F)F)=NN3c3ccccc3Cl)cc2)CC1. The standard InChI is InChI=1S/C22H20ClF6N3O3S/c23-16-3-1-2-4-17(16)32-18(13-19(30-32)20(33,21(24,25)26)22(27,28)29)14-5-7-15(8-6-14)31-9-11-36(34,35)12-10-31/h1-8,18,33H,9-13H2. The fourth-order valence-electron chi connectivity index (χ4n) is 4.21. The van der Waals surface area contributed by atoms with Crippen molar-refractivity contribution >= 4 is 38.5 Å². The molecule has 1 fully saturated rings. The maximum absolute atomic E-state index is 13.6. The topological polar surface area (TPSA) is 73.2 Å². The average Bonchev–Trinajstić information content (AvgIpc) is 3.23. The Hall–Kier alpha value is -2.51. The second kappa shape index (κ2) is 9.10. The molecule has 14 heteroatoms. The minimum absolute atomic E-state index is 0.0255. The van der Waals surface area contributed by atoms with E-state index in [1.54, 1.807) is 12.1 Å². The summed E-state index contributed by atoms with van der Waals surface area (Å²) in [5.74, 6) is -0.0509. The fourth-order valence-corrected chi connectivity index (χ4v) is 5.64. The second-order valence-electron chi connectivity index (χ2n) is 8.50. The summed E-state index contributed by atoms with van der Waals surface area (Å²) in [5.41, 5.74) is -5.60. The molecule has 1 atom stereocenters. The summed E-state index contributed by atoms with van der Waals surface area (Å²) in [6.45, 7) is 0.516. The van der Waals surface area contributed by atoms with Crippen LogP contribution in [0.4, 0.5) is 37.7 Å². The summed E-state index contributed by atoms with van der Waals surface area (Å²) in [5, 5.41) is 14.5. The van der Waals surface area contributed by atoms with E-state index in [1.807, 2.05) is 4.90 Å². The Morgan fingerprint density at radius 1 is 0.917 bits per heavy atom. The third-order valence-electron chi connectivity index (χ3n) is 6.24. The third-order valence-corrected chi connectivity index (χ3v) is 8.16. The molecule has 1 N–H and O–H groups in total. The van der Waals surface area contributed by atoms with Gasteiger partial charge in [0.1, 0.15) is 0 Å². The molecule has 36 heavy (non-hydrogen) atoms. The van der Waals surface area contributed by atoms with Crippen molar-refractivity contribution in [2.45, 2.75) is 30.4 Å². The van der Waals surface area contributed by atoms with Crippen LogP contribution in [0.2, 0.25) is 5.02 Å². The number of hydrogen-bond donors (Lipinski definition) is 1. The largest absolute Gasteiger partial charge is 0.431 e. The van der Waals surface area contributed by atoms with Crippen molar-refractivity contribution in [3.63, 3.8) is 0 Å². The van der Waals surface area contributed by atoms with Gasteiger partial charge in [-0.15, -0.1) is 0 Å². The molecule has 2 aromatic carbocycles. The van der Waals surface area contributed by atoms with Gasteiger partial charge in [0.2, 0.25) is 0 Å². The van der Waals surface area contributed by atoms with E-state index < -0.39 is 46.0 Å². The first kappa shape index (κ1) is 26.6. The molecule has 2 aliphatic heterocycles. The van der Waals surface area contributed by atoms with Crippen LogP contribution >= 0.6 is 11.6 Å². The molecule has 1 saturated heterocycles. The highest BCUT2D eigenvalue weighted by molar-refractivity contribution is 7.91. The molecular formula is C22H20ClF6N3O3S. The lowest BCUT2D eigenvalue weighted by atomic mass is 9.90. The predicted molar refractivity (Wildman–Crippen MR) is 123 cm³/mol. The Labute approximate surface area is 207 Å². The first-order chi connectivity index (χ1) is 16.6. The Morgan fingerprint density at radius 3 is 2.00 bits per heavy atom. The number of aliphatic hydroxyl groups is 1. The maximum Gasteiger partial charge on any atom is 0.431 e. The average molecular weight is 556 g/mol. The van der Waals surface area contributed by atoms with Gasteiger partial charge in [-0.3, -0.25) is 5.01 Å². The summed E-state index contributed by atoms with van der Waals surface area (Å²) in [4.78, 5) is 1.82. The molecule has 2 aromatic rings. The van der Waals surface area contributed by atoms with Crippen LogP contribution in [0.1, 0.15) is 18.0 Å². The predicted octanol–water partition coefficient (Wildman–Crippen LogP) is 4.74. The van der Waals surface area contributed by atoms with Gasteiger partial charge in [0, 0.05) is 25.2 Å². The number of hydrazone groups is 1. The van der Waals surface area contributed by atoms with Gasteiger partial charge in [-0.05, 0) is 29.8 Å². The van der Waals surface area contributed by atoms with Gasteiger partial charge in [-0.2, -0.15) is 31.4 Å². The number of sulfone groups is 1. The van der Waals surface area contributed by atoms with E-state index in [9.17, 15) is 39.9 Å². The molecule has 0 bridgehead atoms. The van der Waals surface area contributed by atoms with Gasteiger partial charge in [-0.1, -0.05) is 35.9 Å². The molecule has 0 radical (unpaired) electrons. The highest BCUT2D eigenvalue weighted by Crippen LogP contribution is 2.49. The molecule has 0 aliphatic carbocycles. The highest BCUT2D eigenvalue weighted by Gasteiger charge is 2.74. The van der Waals surface area contributed by atoms with Crippen LogP contribution in [-0.2, 0) is 9.84 Å². The van der Waals surface area contributed by atoms with E-state index >= 15 is 0 Å². The first-order valence-electron chi connectivity index (χ1n) is 10.7. The monoisotopic (exact) mass is 555 g/mol. The van der Waals surface area contributed by atoms with Crippen LogP contribution in [-0.4, -0.2) is 61.8 Å². The lowest BCUT2D eigenvalue weighted by Crippen LogP contribution is -2.62. The number of para-hydroxylation sites is 1. The van der Waals surface area contributed by atoms with E-state index in [2.05, 4.69) is 5.10 Å². The normalized spacial score (nSPS) is 21.0. The Bertz CT molecular complexity index is 1240. The number of halogens is 7. The summed E-state index contributed by atoms with van der Waals surface area (Å²) < 4.78 is 105. The lowest BCUT2D eigenvalue weighted by Gasteiger charge is -2.32. The van der Waals surface area contributed by atoms with Gasteiger partial charge < -0.3 is 10.0 Å². The molecule has 2 heterocycles. The number of benzene rings is 2. The third kappa shape index (κ3) is 4.75. The van der Waals surface area contributed by atoms with Gasteiger partial charge in [0.15, 0.2) is 9.84 Å². The molecule has 0 spiro atoms. The summed E-state index contributed by atoms with van der Waals surface area (Å²) in [6, 6.07) is 11.0. The number of rotatable bonds is 4. The van der Waals surface area contributed by atoms with E-state index in [0.717, 1.165) is 5.01 Å². The van der Waals surface area contributed by atoms with Crippen molar-refractivity contribution in [3.8, 4) is 0 Å². The Morgan fingerprint density at radius 2 is 1.47 bits per heavy atom. The minimum atomic E-state index is -6.07. The maximum atomic E-state index is 13.6. The molecule has 0 amide bonds. The number of nitrogens with zero attached hydrogens (tertiary/aromatic N) is 3.